The van der Waals surface area contributed by atoms with Crippen LogP contribution in [0.25, 0.3) is 0 Å². The molecule has 1 unspecified atom stereocenters. The molecule has 0 spiro atoms. The molecule has 2 aliphatic rings. The second-order valence-electron chi connectivity index (χ2n) is 4.83. The largest absolute Gasteiger partial charge is 0.333 e. The Morgan fingerprint density at radius 3 is 2.67 bits per heavy atom. The maximum atomic E-state index is 12.1. The van der Waals surface area contributed by atoms with Crippen molar-refractivity contribution in [2.45, 2.75) is 46.3 Å². The summed E-state index contributed by atoms with van der Waals surface area (Å²) in [5, 5.41) is 0. The molecule has 2 fully saturated rings. The van der Waals surface area contributed by atoms with E-state index < -0.39 is 6.41 Å². The number of fused-ring (bicyclic) bond motifs is 1. The summed E-state index contributed by atoms with van der Waals surface area (Å²) in [6, 6.07) is 0.164. The van der Waals surface area contributed by atoms with E-state index in [0.29, 0.717) is 12.5 Å². The molecule has 2 aliphatic heterocycles. The van der Waals surface area contributed by atoms with Gasteiger partial charge >= 0.3 is 0 Å². The molecule has 2 heterocycles. The Morgan fingerprint density at radius 1 is 1.40 bits per heavy atom. The smallest absolute Gasteiger partial charge is 0.243 e. The minimum atomic E-state index is -0.448. The van der Waals surface area contributed by atoms with Gasteiger partial charge in [-0.2, -0.15) is 0 Å². The van der Waals surface area contributed by atoms with Crippen LogP contribution in [0.1, 0.15) is 27.7 Å². The number of amides is 1. The number of nitrogens with zero attached hydrogens (tertiary/aromatic N) is 1. The Balaban J connectivity index is 2.19. The molecule has 0 radical (unpaired) electrons. The van der Waals surface area contributed by atoms with Gasteiger partial charge in [0, 0.05) is 0 Å². The fourth-order valence-corrected chi connectivity index (χ4v) is 2.12. The van der Waals surface area contributed by atoms with Crippen molar-refractivity contribution in [1.82, 2.24) is 4.90 Å². The minimum absolute atomic E-state index is 0.0512. The van der Waals surface area contributed by atoms with Crippen LogP contribution in [0.5, 0.6) is 0 Å². The SMILES string of the molecule is CC(C)[C@H]1CO[C@@H]2O[C@H](C)C(C)C(=O)N21. The average Bonchev–Trinajstić information content (AvgIpc) is 2.58. The molecular formula is C11H19NO3. The van der Waals surface area contributed by atoms with Crippen molar-refractivity contribution in [3.8, 4) is 0 Å². The van der Waals surface area contributed by atoms with Crippen molar-refractivity contribution in [2.24, 2.45) is 11.8 Å². The van der Waals surface area contributed by atoms with Crippen LogP contribution >= 0.6 is 0 Å². The highest BCUT2D eigenvalue weighted by Crippen LogP contribution is 2.32. The van der Waals surface area contributed by atoms with E-state index in [1.165, 1.54) is 0 Å². The molecule has 4 nitrogen and oxygen atoms in total. The molecule has 0 aromatic carbocycles. The first-order chi connectivity index (χ1) is 7.02. The van der Waals surface area contributed by atoms with E-state index in [1.807, 2.05) is 13.8 Å². The van der Waals surface area contributed by atoms with Crippen LogP contribution in [-0.4, -0.2) is 36.0 Å². The van der Waals surface area contributed by atoms with Crippen LogP contribution < -0.4 is 0 Å². The van der Waals surface area contributed by atoms with Crippen LogP contribution in [0.4, 0.5) is 0 Å². The molecular weight excluding hydrogens is 194 g/mol. The number of carbonyl (C=O) groups excluding carboxylic acids is 1. The number of hydrogen-bond acceptors (Lipinski definition) is 3. The lowest BCUT2D eigenvalue weighted by Crippen LogP contribution is -2.55. The van der Waals surface area contributed by atoms with Crippen molar-refractivity contribution >= 4 is 5.91 Å². The van der Waals surface area contributed by atoms with E-state index in [1.54, 1.807) is 4.90 Å². The predicted molar refractivity (Wildman–Crippen MR) is 54.9 cm³/mol. The molecule has 0 saturated carbocycles. The number of rotatable bonds is 1. The lowest BCUT2D eigenvalue weighted by Gasteiger charge is -2.39. The topological polar surface area (TPSA) is 38.8 Å². The Kier molecular flexibility index (Phi) is 2.73. The van der Waals surface area contributed by atoms with E-state index in [-0.39, 0.29) is 24.0 Å². The monoisotopic (exact) mass is 213 g/mol. The molecule has 0 aliphatic carbocycles. The maximum Gasteiger partial charge on any atom is 0.243 e. The fourth-order valence-electron chi connectivity index (χ4n) is 2.12. The molecule has 86 valence electrons. The summed E-state index contributed by atoms with van der Waals surface area (Å²) in [7, 11) is 0. The molecule has 0 N–H and O–H groups in total. The Hall–Kier alpha value is -0.610. The predicted octanol–water partition coefficient (Wildman–Crippen LogP) is 1.21. The van der Waals surface area contributed by atoms with E-state index in [0.717, 1.165) is 0 Å². The molecule has 15 heavy (non-hydrogen) atoms. The Bertz CT molecular complexity index is 267. The summed E-state index contributed by atoms with van der Waals surface area (Å²) in [4.78, 5) is 13.9. The van der Waals surface area contributed by atoms with Gasteiger partial charge in [-0.1, -0.05) is 20.8 Å². The van der Waals surface area contributed by atoms with Crippen molar-refractivity contribution in [1.29, 1.82) is 0 Å². The normalized spacial score (nSPS) is 41.1. The third-order valence-corrected chi connectivity index (χ3v) is 3.44. The van der Waals surface area contributed by atoms with Crippen molar-refractivity contribution in [3.63, 3.8) is 0 Å². The first-order valence-corrected chi connectivity index (χ1v) is 5.61. The summed E-state index contributed by atoms with van der Waals surface area (Å²) in [6.07, 6.45) is -0.499. The zero-order valence-corrected chi connectivity index (χ0v) is 9.77. The zero-order chi connectivity index (χ0) is 11.2. The van der Waals surface area contributed by atoms with Crippen LogP contribution in [0.15, 0.2) is 0 Å². The van der Waals surface area contributed by atoms with Crippen LogP contribution in [0.3, 0.4) is 0 Å². The van der Waals surface area contributed by atoms with Gasteiger partial charge < -0.3 is 9.47 Å². The lowest BCUT2D eigenvalue weighted by molar-refractivity contribution is -0.235. The van der Waals surface area contributed by atoms with E-state index in [9.17, 15) is 4.79 Å². The van der Waals surface area contributed by atoms with Gasteiger partial charge in [-0.05, 0) is 12.8 Å². The second kappa shape index (κ2) is 3.76. The molecule has 4 heteroatoms. The number of ether oxygens (including phenoxy) is 2. The standard InChI is InChI=1S/C11H19NO3/c1-6(2)9-5-14-11-12(9)10(13)7(3)8(4)15-11/h6-9,11H,5H2,1-4H3/t7?,8-,9-,11-/m1/s1. The highest BCUT2D eigenvalue weighted by atomic mass is 16.7. The van der Waals surface area contributed by atoms with Gasteiger partial charge in [0.05, 0.1) is 24.7 Å². The fraction of sp³-hybridized carbons (Fsp3) is 0.909. The summed E-state index contributed by atoms with van der Waals surface area (Å²) >= 11 is 0. The summed E-state index contributed by atoms with van der Waals surface area (Å²) in [5.41, 5.74) is 0. The lowest BCUT2D eigenvalue weighted by atomic mass is 9.99. The number of hydrogen-bond donors (Lipinski definition) is 0. The molecule has 4 atom stereocenters. The van der Waals surface area contributed by atoms with Crippen molar-refractivity contribution < 1.29 is 14.3 Å². The van der Waals surface area contributed by atoms with E-state index >= 15 is 0 Å². The summed E-state index contributed by atoms with van der Waals surface area (Å²) in [5.74, 6) is 0.502. The first-order valence-electron chi connectivity index (χ1n) is 5.61. The Morgan fingerprint density at radius 2 is 2.07 bits per heavy atom. The Labute approximate surface area is 90.5 Å². The van der Waals surface area contributed by atoms with Crippen LogP contribution in [0, 0.1) is 11.8 Å². The van der Waals surface area contributed by atoms with Gasteiger partial charge in [-0.25, -0.2) is 0 Å². The summed E-state index contributed by atoms with van der Waals surface area (Å²) < 4.78 is 11.2. The third-order valence-electron chi connectivity index (χ3n) is 3.44. The van der Waals surface area contributed by atoms with Crippen LogP contribution in [0.2, 0.25) is 0 Å². The first kappa shape index (κ1) is 10.9. The van der Waals surface area contributed by atoms with Gasteiger partial charge in [0.25, 0.3) is 0 Å². The molecule has 0 aromatic heterocycles. The van der Waals surface area contributed by atoms with Gasteiger partial charge in [0.15, 0.2) is 0 Å². The highest BCUT2D eigenvalue weighted by Gasteiger charge is 2.47. The third kappa shape index (κ3) is 1.66. The molecule has 2 saturated heterocycles. The van der Waals surface area contributed by atoms with Gasteiger partial charge in [-0.15, -0.1) is 0 Å². The van der Waals surface area contributed by atoms with E-state index in [2.05, 4.69) is 13.8 Å². The number of carbonyl (C=O) groups is 1. The summed E-state index contributed by atoms with van der Waals surface area (Å²) in [6.45, 7) is 8.64. The van der Waals surface area contributed by atoms with Crippen molar-refractivity contribution in [3.05, 3.63) is 0 Å². The molecule has 2 rings (SSSR count). The van der Waals surface area contributed by atoms with Crippen LogP contribution in [-0.2, 0) is 14.3 Å². The quantitative estimate of drug-likeness (QED) is 0.657. The molecule has 1 amide bonds. The second-order valence-corrected chi connectivity index (χ2v) is 4.83. The molecule has 0 bridgehead atoms. The van der Waals surface area contributed by atoms with Gasteiger partial charge in [-0.3, -0.25) is 9.69 Å². The zero-order valence-electron chi connectivity index (χ0n) is 9.77. The highest BCUT2D eigenvalue weighted by molar-refractivity contribution is 5.80. The minimum Gasteiger partial charge on any atom is -0.333 e. The van der Waals surface area contributed by atoms with Crippen molar-refractivity contribution in [2.75, 3.05) is 6.61 Å². The van der Waals surface area contributed by atoms with E-state index in [4.69, 9.17) is 9.47 Å². The van der Waals surface area contributed by atoms with Gasteiger partial charge in [0.2, 0.25) is 12.3 Å². The molecule has 0 aromatic rings. The van der Waals surface area contributed by atoms with Gasteiger partial charge in [0.1, 0.15) is 0 Å². The maximum absolute atomic E-state index is 12.1. The average molecular weight is 213 g/mol.